The van der Waals surface area contributed by atoms with Crippen LogP contribution < -0.4 is 0 Å². The summed E-state index contributed by atoms with van der Waals surface area (Å²) in [6.07, 6.45) is 0. The standard InChI is InChI=1S/C11H23ClO5Si/c1-5-15-18(16-6-2,17-7-3)9-8-14-11(13)10(4)12/h10H,5-9H2,1-4H3. The second-order valence-electron chi connectivity index (χ2n) is 3.52. The number of esters is 1. The number of ether oxygens (including phenoxy) is 1. The summed E-state index contributed by atoms with van der Waals surface area (Å²) < 4.78 is 21.9. The topological polar surface area (TPSA) is 54.0 Å². The summed E-state index contributed by atoms with van der Waals surface area (Å²) in [6, 6.07) is 0.442. The van der Waals surface area contributed by atoms with Crippen LogP contribution in [0, 0.1) is 0 Å². The molecule has 0 N–H and O–H groups in total. The third-order valence-electron chi connectivity index (χ3n) is 2.07. The number of carbonyl (C=O) groups excluding carboxylic acids is 1. The Morgan fingerprint density at radius 1 is 1.11 bits per heavy atom. The second kappa shape index (κ2) is 9.74. The maximum absolute atomic E-state index is 11.2. The molecule has 0 aliphatic rings. The van der Waals surface area contributed by atoms with Gasteiger partial charge in [-0.3, -0.25) is 4.79 Å². The van der Waals surface area contributed by atoms with Crippen molar-refractivity contribution in [1.29, 1.82) is 0 Å². The lowest BCUT2D eigenvalue weighted by molar-refractivity contribution is -0.142. The van der Waals surface area contributed by atoms with Crippen LogP contribution in [0.2, 0.25) is 6.04 Å². The van der Waals surface area contributed by atoms with Crippen molar-refractivity contribution in [2.75, 3.05) is 26.4 Å². The first-order valence-corrected chi connectivity index (χ1v) is 8.60. The van der Waals surface area contributed by atoms with Gasteiger partial charge in [0.1, 0.15) is 5.38 Å². The maximum atomic E-state index is 11.2. The molecule has 0 rings (SSSR count). The van der Waals surface area contributed by atoms with Gasteiger partial charge < -0.3 is 18.0 Å². The zero-order valence-corrected chi connectivity index (χ0v) is 13.3. The first-order valence-electron chi connectivity index (χ1n) is 6.23. The molecule has 18 heavy (non-hydrogen) atoms. The zero-order valence-electron chi connectivity index (χ0n) is 11.5. The lowest BCUT2D eigenvalue weighted by atomic mass is 10.5. The van der Waals surface area contributed by atoms with E-state index in [1.54, 1.807) is 6.92 Å². The normalized spacial score (nSPS) is 13.4. The van der Waals surface area contributed by atoms with E-state index in [1.807, 2.05) is 20.8 Å². The summed E-state index contributed by atoms with van der Waals surface area (Å²) in [4.78, 5) is 11.2. The lowest BCUT2D eigenvalue weighted by Crippen LogP contribution is -2.47. The van der Waals surface area contributed by atoms with Gasteiger partial charge >= 0.3 is 14.8 Å². The Hall–Kier alpha value is -0.143. The van der Waals surface area contributed by atoms with E-state index in [-0.39, 0.29) is 6.61 Å². The molecule has 0 amide bonds. The Labute approximate surface area is 115 Å². The second-order valence-corrected chi connectivity index (χ2v) is 6.90. The third-order valence-corrected chi connectivity index (χ3v) is 5.25. The van der Waals surface area contributed by atoms with Crippen LogP contribution in [-0.2, 0) is 22.8 Å². The van der Waals surface area contributed by atoms with Crippen molar-refractivity contribution in [3.8, 4) is 0 Å². The summed E-state index contributed by atoms with van der Waals surface area (Å²) in [5.41, 5.74) is 0. The van der Waals surface area contributed by atoms with Crippen molar-refractivity contribution >= 4 is 26.4 Å². The third kappa shape index (κ3) is 6.70. The molecule has 1 unspecified atom stereocenters. The fraction of sp³-hybridized carbons (Fsp3) is 0.909. The minimum Gasteiger partial charge on any atom is -0.465 e. The van der Waals surface area contributed by atoms with Gasteiger partial charge in [0.25, 0.3) is 0 Å². The Morgan fingerprint density at radius 2 is 1.56 bits per heavy atom. The summed E-state index contributed by atoms with van der Waals surface area (Å²) in [5, 5.41) is -0.646. The Morgan fingerprint density at radius 3 is 1.89 bits per heavy atom. The van der Waals surface area contributed by atoms with Crippen molar-refractivity contribution in [2.45, 2.75) is 39.1 Å². The monoisotopic (exact) mass is 298 g/mol. The number of alkyl halides is 1. The minimum absolute atomic E-state index is 0.197. The van der Waals surface area contributed by atoms with Gasteiger partial charge in [0, 0.05) is 19.8 Å². The molecule has 0 aliphatic heterocycles. The molecule has 0 aromatic carbocycles. The molecule has 0 heterocycles. The van der Waals surface area contributed by atoms with E-state index >= 15 is 0 Å². The van der Waals surface area contributed by atoms with Crippen LogP contribution in [0.1, 0.15) is 27.7 Å². The van der Waals surface area contributed by atoms with Crippen molar-refractivity contribution in [2.24, 2.45) is 0 Å². The van der Waals surface area contributed by atoms with E-state index in [2.05, 4.69) is 0 Å². The number of hydrogen-bond donors (Lipinski definition) is 0. The molecule has 0 spiro atoms. The van der Waals surface area contributed by atoms with Gasteiger partial charge in [-0.2, -0.15) is 0 Å². The van der Waals surface area contributed by atoms with Gasteiger partial charge in [-0.05, 0) is 27.7 Å². The summed E-state index contributed by atoms with van der Waals surface area (Å²) in [5.74, 6) is -0.441. The van der Waals surface area contributed by atoms with E-state index in [1.165, 1.54) is 0 Å². The summed E-state index contributed by atoms with van der Waals surface area (Å²) in [6.45, 7) is 8.93. The van der Waals surface area contributed by atoms with E-state index in [9.17, 15) is 4.79 Å². The van der Waals surface area contributed by atoms with Gasteiger partial charge in [-0.25, -0.2) is 0 Å². The fourth-order valence-electron chi connectivity index (χ4n) is 1.39. The highest BCUT2D eigenvalue weighted by molar-refractivity contribution is 6.60. The molecule has 0 saturated carbocycles. The Bertz CT molecular complexity index is 220. The lowest BCUT2D eigenvalue weighted by Gasteiger charge is -2.28. The molecule has 5 nitrogen and oxygen atoms in total. The van der Waals surface area contributed by atoms with Gasteiger partial charge in [-0.15, -0.1) is 11.6 Å². The van der Waals surface area contributed by atoms with Crippen LogP contribution in [0.25, 0.3) is 0 Å². The first-order chi connectivity index (χ1) is 8.51. The van der Waals surface area contributed by atoms with E-state index in [0.717, 1.165) is 0 Å². The zero-order chi connectivity index (χ0) is 14.0. The molecule has 0 fully saturated rings. The highest BCUT2D eigenvalue weighted by Crippen LogP contribution is 2.16. The highest BCUT2D eigenvalue weighted by Gasteiger charge is 2.40. The molecule has 0 saturated heterocycles. The van der Waals surface area contributed by atoms with Gasteiger partial charge in [0.2, 0.25) is 0 Å². The van der Waals surface area contributed by atoms with Crippen molar-refractivity contribution < 1.29 is 22.8 Å². The predicted octanol–water partition coefficient (Wildman–Crippen LogP) is 2.21. The van der Waals surface area contributed by atoms with E-state index in [0.29, 0.717) is 25.9 Å². The highest BCUT2D eigenvalue weighted by atomic mass is 35.5. The molecule has 0 bridgehead atoms. The molecule has 0 aromatic heterocycles. The number of rotatable bonds is 10. The molecular formula is C11H23ClO5Si. The van der Waals surface area contributed by atoms with Gasteiger partial charge in [0.05, 0.1) is 12.7 Å². The van der Waals surface area contributed by atoms with E-state index < -0.39 is 20.2 Å². The number of carbonyl (C=O) groups is 1. The predicted molar refractivity (Wildman–Crippen MR) is 71.7 cm³/mol. The molecule has 0 aliphatic carbocycles. The maximum Gasteiger partial charge on any atom is 0.504 e. The number of hydrogen-bond acceptors (Lipinski definition) is 5. The summed E-state index contributed by atoms with van der Waals surface area (Å²) >= 11 is 5.60. The summed E-state index contributed by atoms with van der Waals surface area (Å²) in [7, 11) is -2.72. The SMILES string of the molecule is CCO[Si](CCOC(=O)C(C)Cl)(OCC)OCC. The van der Waals surface area contributed by atoms with E-state index in [4.69, 9.17) is 29.6 Å². The Balaban J connectivity index is 4.33. The van der Waals surface area contributed by atoms with Crippen molar-refractivity contribution in [1.82, 2.24) is 0 Å². The van der Waals surface area contributed by atoms with Crippen LogP contribution >= 0.6 is 11.6 Å². The number of halogens is 1. The molecule has 108 valence electrons. The fourth-order valence-corrected chi connectivity index (χ4v) is 3.81. The molecule has 7 heteroatoms. The average Bonchev–Trinajstić information content (AvgIpc) is 2.29. The average molecular weight is 299 g/mol. The van der Waals surface area contributed by atoms with Gasteiger partial charge in [-0.1, -0.05) is 0 Å². The van der Waals surface area contributed by atoms with Crippen LogP contribution in [0.3, 0.4) is 0 Å². The largest absolute Gasteiger partial charge is 0.504 e. The quantitative estimate of drug-likeness (QED) is 0.352. The van der Waals surface area contributed by atoms with Crippen LogP contribution in [0.4, 0.5) is 0 Å². The molecule has 0 aromatic rings. The Kier molecular flexibility index (Phi) is 9.67. The van der Waals surface area contributed by atoms with Crippen LogP contribution in [0.5, 0.6) is 0 Å². The minimum atomic E-state index is -2.72. The van der Waals surface area contributed by atoms with Crippen molar-refractivity contribution in [3.05, 3.63) is 0 Å². The smallest absolute Gasteiger partial charge is 0.465 e. The molecular weight excluding hydrogens is 276 g/mol. The van der Waals surface area contributed by atoms with Crippen molar-refractivity contribution in [3.63, 3.8) is 0 Å². The van der Waals surface area contributed by atoms with Crippen LogP contribution in [0.15, 0.2) is 0 Å². The van der Waals surface area contributed by atoms with Crippen LogP contribution in [-0.4, -0.2) is 46.6 Å². The molecule has 0 radical (unpaired) electrons. The first kappa shape index (κ1) is 17.9. The molecule has 1 atom stereocenters. The van der Waals surface area contributed by atoms with Gasteiger partial charge in [0.15, 0.2) is 0 Å².